The lowest BCUT2D eigenvalue weighted by Gasteiger charge is -2.05. The molecule has 0 saturated heterocycles. The molecule has 0 unspecified atom stereocenters. The molecule has 7 nitrogen and oxygen atoms in total. The van der Waals surface area contributed by atoms with Crippen molar-refractivity contribution in [3.05, 3.63) is 58.2 Å². The van der Waals surface area contributed by atoms with Gasteiger partial charge in [-0.25, -0.2) is 18.1 Å². The van der Waals surface area contributed by atoms with Gasteiger partial charge in [0.15, 0.2) is 0 Å². The number of nitrogens with one attached hydrogen (secondary N) is 1. The fraction of sp³-hybridized carbons (Fsp3) is 0.190. The summed E-state index contributed by atoms with van der Waals surface area (Å²) >= 11 is 1.55. The van der Waals surface area contributed by atoms with Crippen molar-refractivity contribution in [2.75, 3.05) is 0 Å². The minimum Gasteiger partial charge on any atom is -0.455 e. The van der Waals surface area contributed by atoms with Crippen LogP contribution in [0, 0.1) is 11.3 Å². The second-order valence-corrected chi connectivity index (χ2v) is 9.56. The van der Waals surface area contributed by atoms with E-state index in [9.17, 15) is 18.5 Å². The highest BCUT2D eigenvalue weighted by molar-refractivity contribution is 7.90. The third-order valence-electron chi connectivity index (χ3n) is 4.68. The summed E-state index contributed by atoms with van der Waals surface area (Å²) in [5.74, 6) is 0.427. The predicted molar refractivity (Wildman–Crippen MR) is 113 cm³/mol. The van der Waals surface area contributed by atoms with Crippen molar-refractivity contribution in [3.8, 4) is 17.4 Å². The van der Waals surface area contributed by atoms with Gasteiger partial charge in [0, 0.05) is 17.4 Å². The van der Waals surface area contributed by atoms with Crippen LogP contribution in [0.5, 0.6) is 0 Å². The van der Waals surface area contributed by atoms with E-state index in [1.807, 2.05) is 4.72 Å². The Balaban J connectivity index is 1.53. The Labute approximate surface area is 177 Å². The van der Waals surface area contributed by atoms with Crippen LogP contribution in [0.15, 0.2) is 50.7 Å². The largest absolute Gasteiger partial charge is 0.455 e. The molecule has 2 aromatic heterocycles. The Morgan fingerprint density at radius 1 is 1.23 bits per heavy atom. The average Bonchev–Trinajstić information content (AvgIpc) is 3.41. The molecule has 0 spiro atoms. The van der Waals surface area contributed by atoms with Crippen LogP contribution < -0.4 is 4.72 Å². The first-order valence-electron chi connectivity index (χ1n) is 9.20. The molecule has 1 amide bonds. The average molecular weight is 440 g/mol. The van der Waals surface area contributed by atoms with E-state index in [0.717, 1.165) is 31.7 Å². The zero-order valence-corrected chi connectivity index (χ0v) is 17.6. The van der Waals surface area contributed by atoms with Crippen molar-refractivity contribution in [2.45, 2.75) is 31.1 Å². The number of benzene rings is 1. The van der Waals surface area contributed by atoms with Gasteiger partial charge in [-0.2, -0.15) is 5.26 Å². The number of carbonyl (C=O) groups is 1. The lowest BCUT2D eigenvalue weighted by atomic mass is 10.1. The molecule has 1 aliphatic carbocycles. The molecular weight excluding hydrogens is 422 g/mol. The minimum absolute atomic E-state index is 0.00966. The van der Waals surface area contributed by atoms with Crippen LogP contribution >= 0.6 is 11.3 Å². The molecule has 4 rings (SSSR count). The summed E-state index contributed by atoms with van der Waals surface area (Å²) in [4.78, 5) is 16.7. The lowest BCUT2D eigenvalue weighted by Crippen LogP contribution is -2.28. The van der Waals surface area contributed by atoms with Gasteiger partial charge in [-0.3, -0.25) is 4.79 Å². The first kappa shape index (κ1) is 20.1. The van der Waals surface area contributed by atoms with E-state index in [1.54, 1.807) is 41.8 Å². The van der Waals surface area contributed by atoms with Gasteiger partial charge in [-0.15, -0.1) is 11.3 Å². The van der Waals surface area contributed by atoms with Crippen LogP contribution in [-0.4, -0.2) is 20.5 Å². The van der Waals surface area contributed by atoms with Gasteiger partial charge in [0.2, 0.25) is 5.91 Å². The van der Waals surface area contributed by atoms with Crippen molar-refractivity contribution in [2.24, 2.45) is 4.99 Å². The fourth-order valence-corrected chi connectivity index (χ4v) is 5.52. The van der Waals surface area contributed by atoms with Gasteiger partial charge in [-0.05, 0) is 61.2 Å². The molecular formula is C21H17N3O4S2. The minimum atomic E-state index is -3.87. The quantitative estimate of drug-likeness (QED) is 0.605. The second-order valence-electron chi connectivity index (χ2n) is 6.80. The number of carbonyl (C=O) groups excluding carboxylic acids is 1. The smallest absolute Gasteiger partial charge is 0.264 e. The van der Waals surface area contributed by atoms with E-state index in [1.165, 1.54) is 17.0 Å². The molecule has 0 radical (unpaired) electrons. The standard InChI is InChI=1S/C21H17N3O4S2/c1-13(25)24-30(26,27)16-8-5-14(6-9-16)19-10-7-15(28-19)12-23-21-18(11-22)17-3-2-4-20(17)29-21/h5-10,12H,2-4H2,1H3,(H,24,25)/b23-12+. The molecule has 0 fully saturated rings. The Hall–Kier alpha value is -3.22. The molecule has 0 atom stereocenters. The number of nitrogens with zero attached hydrogens (tertiary/aromatic N) is 2. The molecule has 0 aliphatic heterocycles. The Kier molecular flexibility index (Phi) is 5.28. The number of hydrogen-bond donors (Lipinski definition) is 1. The molecule has 1 aromatic carbocycles. The van der Waals surface area contributed by atoms with E-state index in [2.05, 4.69) is 11.1 Å². The van der Waals surface area contributed by atoms with E-state index in [4.69, 9.17) is 4.42 Å². The van der Waals surface area contributed by atoms with Gasteiger partial charge in [0.25, 0.3) is 10.0 Å². The predicted octanol–water partition coefficient (Wildman–Crippen LogP) is 3.94. The number of aliphatic imine (C=N–C) groups is 1. The van der Waals surface area contributed by atoms with Crippen LogP contribution in [0.25, 0.3) is 11.3 Å². The Bertz CT molecular complexity index is 1290. The maximum absolute atomic E-state index is 12.0. The molecule has 3 aromatic rings. The monoisotopic (exact) mass is 439 g/mol. The van der Waals surface area contributed by atoms with E-state index >= 15 is 0 Å². The zero-order valence-electron chi connectivity index (χ0n) is 16.0. The molecule has 0 saturated carbocycles. The molecule has 152 valence electrons. The highest BCUT2D eigenvalue weighted by atomic mass is 32.2. The third kappa shape index (κ3) is 3.92. The molecule has 9 heteroatoms. The molecule has 1 aliphatic rings. The first-order valence-corrected chi connectivity index (χ1v) is 11.5. The molecule has 0 bridgehead atoms. The van der Waals surface area contributed by atoms with Gasteiger partial charge >= 0.3 is 0 Å². The fourth-order valence-electron chi connectivity index (χ4n) is 3.34. The van der Waals surface area contributed by atoms with Crippen LogP contribution in [0.4, 0.5) is 5.00 Å². The molecule has 1 N–H and O–H groups in total. The van der Waals surface area contributed by atoms with E-state index in [-0.39, 0.29) is 4.90 Å². The molecule has 2 heterocycles. The summed E-state index contributed by atoms with van der Waals surface area (Å²) in [6.07, 6.45) is 4.61. The van der Waals surface area contributed by atoms with Crippen molar-refractivity contribution in [1.29, 1.82) is 5.26 Å². The number of amides is 1. The van der Waals surface area contributed by atoms with Crippen LogP contribution in [0.1, 0.15) is 35.1 Å². The number of thiophene rings is 1. The van der Waals surface area contributed by atoms with Crippen molar-refractivity contribution in [3.63, 3.8) is 0 Å². The number of aryl methyl sites for hydroxylation is 1. The Morgan fingerprint density at radius 3 is 2.70 bits per heavy atom. The number of furan rings is 1. The molecule has 30 heavy (non-hydrogen) atoms. The van der Waals surface area contributed by atoms with E-state index in [0.29, 0.717) is 27.6 Å². The SMILES string of the molecule is CC(=O)NS(=O)(=O)c1ccc(-c2ccc(/C=N/c3sc4c(c3C#N)CCC4)o2)cc1. The van der Waals surface area contributed by atoms with Crippen LogP contribution in [0.2, 0.25) is 0 Å². The topological polar surface area (TPSA) is 113 Å². The summed E-state index contributed by atoms with van der Waals surface area (Å²) < 4.78 is 31.8. The third-order valence-corrected chi connectivity index (χ3v) is 7.33. The summed E-state index contributed by atoms with van der Waals surface area (Å²) in [6, 6.07) is 11.8. The number of hydrogen-bond acceptors (Lipinski definition) is 7. The van der Waals surface area contributed by atoms with E-state index < -0.39 is 15.9 Å². The van der Waals surface area contributed by atoms with Gasteiger partial charge in [0.05, 0.1) is 16.7 Å². The number of sulfonamides is 1. The van der Waals surface area contributed by atoms with Crippen molar-refractivity contribution < 1.29 is 17.6 Å². The maximum Gasteiger partial charge on any atom is 0.264 e. The normalized spacial score (nSPS) is 13.3. The number of fused-ring (bicyclic) bond motifs is 1. The first-order chi connectivity index (χ1) is 14.4. The highest BCUT2D eigenvalue weighted by Gasteiger charge is 2.21. The summed E-state index contributed by atoms with van der Waals surface area (Å²) in [5.41, 5.74) is 2.47. The van der Waals surface area contributed by atoms with Gasteiger partial charge in [0.1, 0.15) is 22.6 Å². The number of nitriles is 1. The van der Waals surface area contributed by atoms with Gasteiger partial charge in [-0.1, -0.05) is 0 Å². The van der Waals surface area contributed by atoms with Crippen LogP contribution in [-0.2, 0) is 27.7 Å². The summed E-state index contributed by atoms with van der Waals surface area (Å²) in [7, 11) is -3.87. The number of rotatable bonds is 5. The summed E-state index contributed by atoms with van der Waals surface area (Å²) in [5, 5.41) is 10.1. The lowest BCUT2D eigenvalue weighted by molar-refractivity contribution is -0.117. The van der Waals surface area contributed by atoms with Crippen molar-refractivity contribution in [1.82, 2.24) is 4.72 Å². The van der Waals surface area contributed by atoms with Crippen molar-refractivity contribution >= 4 is 38.5 Å². The Morgan fingerprint density at radius 2 is 2.00 bits per heavy atom. The second kappa shape index (κ2) is 7.89. The van der Waals surface area contributed by atoms with Crippen LogP contribution in [0.3, 0.4) is 0 Å². The van der Waals surface area contributed by atoms with Gasteiger partial charge < -0.3 is 4.42 Å². The maximum atomic E-state index is 12.0. The highest BCUT2D eigenvalue weighted by Crippen LogP contribution is 2.40. The zero-order chi connectivity index (χ0) is 21.3. The summed E-state index contributed by atoms with van der Waals surface area (Å²) in [6.45, 7) is 1.14.